The van der Waals surface area contributed by atoms with Crippen LogP contribution in [0.15, 0.2) is 47.5 Å². The zero-order valence-corrected chi connectivity index (χ0v) is 16.9. The van der Waals surface area contributed by atoms with Gasteiger partial charge in [-0.15, -0.1) is 0 Å². The van der Waals surface area contributed by atoms with Gasteiger partial charge in [-0.1, -0.05) is 36.0 Å². The Balaban J connectivity index is 1.74. The minimum atomic E-state index is -0.0746. The third kappa shape index (κ3) is 4.42. The number of nitrogens with one attached hydrogen (secondary N) is 1. The first-order valence-corrected chi connectivity index (χ1v) is 10.00. The lowest BCUT2D eigenvalue weighted by atomic mass is 10.0. The molecule has 1 heterocycles. The number of aromatic nitrogens is 1. The van der Waals surface area contributed by atoms with Crippen LogP contribution in [0.5, 0.6) is 5.75 Å². The van der Waals surface area contributed by atoms with Crippen LogP contribution in [0.25, 0.3) is 10.9 Å². The van der Waals surface area contributed by atoms with E-state index in [9.17, 15) is 4.79 Å². The summed E-state index contributed by atoms with van der Waals surface area (Å²) in [5.41, 5.74) is 5.15. The Morgan fingerprint density at radius 1 is 1.07 bits per heavy atom. The van der Waals surface area contributed by atoms with Crippen molar-refractivity contribution in [2.75, 3.05) is 17.7 Å². The summed E-state index contributed by atoms with van der Waals surface area (Å²) in [6.45, 7) is 8.68. The summed E-state index contributed by atoms with van der Waals surface area (Å²) in [4.78, 5) is 17.2. The number of fused-ring (bicyclic) bond motifs is 1. The molecule has 0 bridgehead atoms. The molecule has 0 atom stereocenters. The van der Waals surface area contributed by atoms with Crippen molar-refractivity contribution in [1.82, 2.24) is 4.98 Å². The summed E-state index contributed by atoms with van der Waals surface area (Å²) in [5, 5.41) is 5.00. The lowest BCUT2D eigenvalue weighted by Gasteiger charge is -2.12. The minimum Gasteiger partial charge on any atom is -0.492 e. The molecule has 0 saturated carbocycles. The molecule has 1 aromatic heterocycles. The Morgan fingerprint density at radius 3 is 2.59 bits per heavy atom. The van der Waals surface area contributed by atoms with Crippen LogP contribution in [-0.2, 0) is 4.79 Å². The fourth-order valence-electron chi connectivity index (χ4n) is 2.93. The molecule has 0 saturated heterocycles. The summed E-state index contributed by atoms with van der Waals surface area (Å²) >= 11 is 1.46. The van der Waals surface area contributed by atoms with Gasteiger partial charge < -0.3 is 10.1 Å². The minimum absolute atomic E-state index is 0.0746. The summed E-state index contributed by atoms with van der Waals surface area (Å²) in [7, 11) is 0. The molecule has 2 aromatic carbocycles. The number of amides is 1. The summed E-state index contributed by atoms with van der Waals surface area (Å²) in [6, 6.07) is 13.8. The number of rotatable bonds is 6. The van der Waals surface area contributed by atoms with Crippen LogP contribution in [-0.4, -0.2) is 23.3 Å². The SMILES string of the molecule is CCOc1ccccc1NC(=O)CSc1nc2c(C)ccc(C)c2cc1C. The maximum Gasteiger partial charge on any atom is 0.234 e. The van der Waals surface area contributed by atoms with E-state index in [0.717, 1.165) is 21.7 Å². The van der Waals surface area contributed by atoms with E-state index in [0.29, 0.717) is 23.8 Å². The number of benzene rings is 2. The predicted molar refractivity (Wildman–Crippen MR) is 113 cm³/mol. The summed E-state index contributed by atoms with van der Waals surface area (Å²) in [6.07, 6.45) is 0. The highest BCUT2D eigenvalue weighted by atomic mass is 32.2. The van der Waals surface area contributed by atoms with E-state index in [2.05, 4.69) is 37.4 Å². The van der Waals surface area contributed by atoms with Crippen molar-refractivity contribution in [3.05, 3.63) is 59.2 Å². The third-order valence-corrected chi connectivity index (χ3v) is 5.44. The van der Waals surface area contributed by atoms with E-state index in [-0.39, 0.29) is 5.91 Å². The van der Waals surface area contributed by atoms with Crippen molar-refractivity contribution in [3.8, 4) is 5.75 Å². The topological polar surface area (TPSA) is 51.2 Å². The lowest BCUT2D eigenvalue weighted by molar-refractivity contribution is -0.113. The van der Waals surface area contributed by atoms with Gasteiger partial charge in [0, 0.05) is 5.39 Å². The number of hydrogen-bond acceptors (Lipinski definition) is 4. The van der Waals surface area contributed by atoms with Crippen molar-refractivity contribution in [3.63, 3.8) is 0 Å². The maximum absolute atomic E-state index is 12.4. The monoisotopic (exact) mass is 380 g/mol. The molecule has 3 aromatic rings. The number of pyridine rings is 1. The largest absolute Gasteiger partial charge is 0.492 e. The van der Waals surface area contributed by atoms with Gasteiger partial charge in [0.15, 0.2) is 0 Å². The second kappa shape index (κ2) is 8.44. The van der Waals surface area contributed by atoms with Crippen molar-refractivity contribution in [2.24, 2.45) is 0 Å². The molecule has 140 valence electrons. The Hall–Kier alpha value is -2.53. The van der Waals surface area contributed by atoms with Crippen LogP contribution in [0.2, 0.25) is 0 Å². The smallest absolute Gasteiger partial charge is 0.234 e. The number of anilines is 1. The molecule has 0 aliphatic rings. The molecule has 27 heavy (non-hydrogen) atoms. The molecule has 5 heteroatoms. The van der Waals surface area contributed by atoms with Crippen molar-refractivity contribution in [2.45, 2.75) is 32.7 Å². The van der Waals surface area contributed by atoms with Gasteiger partial charge in [0.1, 0.15) is 10.8 Å². The van der Waals surface area contributed by atoms with Gasteiger partial charge in [-0.2, -0.15) is 0 Å². The van der Waals surface area contributed by atoms with E-state index in [4.69, 9.17) is 9.72 Å². The maximum atomic E-state index is 12.4. The van der Waals surface area contributed by atoms with Crippen LogP contribution in [0.1, 0.15) is 23.6 Å². The van der Waals surface area contributed by atoms with Gasteiger partial charge in [0.25, 0.3) is 0 Å². The first-order chi connectivity index (χ1) is 13.0. The van der Waals surface area contributed by atoms with E-state index >= 15 is 0 Å². The molecule has 0 aliphatic carbocycles. The highest BCUT2D eigenvalue weighted by molar-refractivity contribution is 8.00. The number of hydrogen-bond donors (Lipinski definition) is 1. The molecule has 0 aliphatic heterocycles. The Morgan fingerprint density at radius 2 is 1.81 bits per heavy atom. The quantitative estimate of drug-likeness (QED) is 0.590. The number of para-hydroxylation sites is 2. The van der Waals surface area contributed by atoms with Gasteiger partial charge in [0.05, 0.1) is 23.6 Å². The molecule has 4 nitrogen and oxygen atoms in total. The van der Waals surface area contributed by atoms with Crippen LogP contribution >= 0.6 is 11.8 Å². The first-order valence-electron chi connectivity index (χ1n) is 9.01. The fourth-order valence-corrected chi connectivity index (χ4v) is 3.72. The number of carbonyl (C=O) groups is 1. The zero-order chi connectivity index (χ0) is 19.4. The average Bonchev–Trinajstić information content (AvgIpc) is 2.65. The standard InChI is InChI=1S/C22H24N2O2S/c1-5-26-19-9-7-6-8-18(19)23-20(25)13-27-22-16(4)12-17-14(2)10-11-15(3)21(17)24-22/h6-12H,5,13H2,1-4H3,(H,23,25). The van der Waals surface area contributed by atoms with Crippen molar-refractivity contribution in [1.29, 1.82) is 0 Å². The summed E-state index contributed by atoms with van der Waals surface area (Å²) in [5.74, 6) is 0.906. The van der Waals surface area contributed by atoms with E-state index in [1.165, 1.54) is 22.7 Å². The lowest BCUT2D eigenvalue weighted by Crippen LogP contribution is -2.15. The molecule has 3 rings (SSSR count). The van der Waals surface area contributed by atoms with Crippen LogP contribution in [0.4, 0.5) is 5.69 Å². The average molecular weight is 381 g/mol. The highest BCUT2D eigenvalue weighted by Gasteiger charge is 2.12. The Bertz CT molecular complexity index is 985. The normalized spacial score (nSPS) is 10.8. The van der Waals surface area contributed by atoms with Crippen LogP contribution in [0, 0.1) is 20.8 Å². The fraction of sp³-hybridized carbons (Fsp3) is 0.273. The van der Waals surface area contributed by atoms with Gasteiger partial charge in [-0.3, -0.25) is 4.79 Å². The van der Waals surface area contributed by atoms with Crippen LogP contribution < -0.4 is 10.1 Å². The van der Waals surface area contributed by atoms with Gasteiger partial charge in [0.2, 0.25) is 5.91 Å². The van der Waals surface area contributed by atoms with Crippen molar-refractivity contribution < 1.29 is 9.53 Å². The Kier molecular flexibility index (Phi) is 6.01. The number of aryl methyl sites for hydroxylation is 3. The predicted octanol–water partition coefficient (Wildman–Crippen LogP) is 5.29. The van der Waals surface area contributed by atoms with Gasteiger partial charge in [-0.05, 0) is 62.6 Å². The number of carbonyl (C=O) groups excluding carboxylic acids is 1. The molecule has 1 amide bonds. The van der Waals surface area contributed by atoms with Gasteiger partial charge in [-0.25, -0.2) is 4.98 Å². The molecule has 0 unspecified atom stereocenters. The second-order valence-electron chi connectivity index (χ2n) is 6.47. The number of nitrogens with zero attached hydrogens (tertiary/aromatic N) is 1. The van der Waals surface area contributed by atoms with E-state index in [1.54, 1.807) is 0 Å². The van der Waals surface area contributed by atoms with E-state index < -0.39 is 0 Å². The molecule has 1 N–H and O–H groups in total. The second-order valence-corrected chi connectivity index (χ2v) is 7.44. The first kappa shape index (κ1) is 19.2. The number of ether oxygens (including phenoxy) is 1. The third-order valence-electron chi connectivity index (χ3n) is 4.35. The zero-order valence-electron chi connectivity index (χ0n) is 16.1. The van der Waals surface area contributed by atoms with Gasteiger partial charge >= 0.3 is 0 Å². The van der Waals surface area contributed by atoms with Crippen LogP contribution in [0.3, 0.4) is 0 Å². The van der Waals surface area contributed by atoms with E-state index in [1.807, 2.05) is 38.1 Å². The Labute approximate surface area is 164 Å². The van der Waals surface area contributed by atoms with Crippen molar-refractivity contribution >= 4 is 34.3 Å². The molecular weight excluding hydrogens is 356 g/mol. The molecule has 0 spiro atoms. The molecule has 0 fully saturated rings. The molecular formula is C22H24N2O2S. The molecule has 0 radical (unpaired) electrons. The highest BCUT2D eigenvalue weighted by Crippen LogP contribution is 2.29. The summed E-state index contributed by atoms with van der Waals surface area (Å²) < 4.78 is 5.56. The number of thioether (sulfide) groups is 1.